The van der Waals surface area contributed by atoms with E-state index in [0.717, 1.165) is 24.7 Å². The summed E-state index contributed by atoms with van der Waals surface area (Å²) in [4.78, 5) is 49.8. The van der Waals surface area contributed by atoms with Gasteiger partial charge in [-0.25, -0.2) is 0 Å². The molecule has 2 amide bonds. The highest BCUT2D eigenvalue weighted by atomic mass is 16.2. The molecule has 0 aliphatic heterocycles. The molecule has 0 aliphatic carbocycles. The van der Waals surface area contributed by atoms with Crippen LogP contribution in [0.3, 0.4) is 0 Å². The van der Waals surface area contributed by atoms with Crippen LogP contribution in [0.15, 0.2) is 54.6 Å². The van der Waals surface area contributed by atoms with Crippen molar-refractivity contribution in [3.05, 3.63) is 71.3 Å². The number of terminal acetylenes is 1. The monoisotopic (exact) mass is 488 g/mol. The van der Waals surface area contributed by atoms with Crippen LogP contribution in [0.5, 0.6) is 0 Å². The largest absolute Gasteiger partial charge is 0.354 e. The van der Waals surface area contributed by atoms with Crippen molar-refractivity contribution >= 4 is 23.9 Å². The van der Waals surface area contributed by atoms with Gasteiger partial charge in [-0.1, -0.05) is 68.4 Å². The zero-order valence-corrected chi connectivity index (χ0v) is 21.2. The molecule has 0 saturated heterocycles. The van der Waals surface area contributed by atoms with Crippen molar-refractivity contribution in [1.29, 1.82) is 0 Å². The lowest BCUT2D eigenvalue weighted by Gasteiger charge is -2.23. The predicted molar refractivity (Wildman–Crippen MR) is 141 cm³/mol. The third-order valence-corrected chi connectivity index (χ3v) is 5.88. The molecule has 0 unspecified atom stereocenters. The lowest BCUT2D eigenvalue weighted by molar-refractivity contribution is -0.132. The first-order valence-electron chi connectivity index (χ1n) is 12.5. The molecule has 6 heteroatoms. The van der Waals surface area contributed by atoms with Crippen LogP contribution < -0.4 is 10.6 Å². The van der Waals surface area contributed by atoms with Gasteiger partial charge in [-0.15, -0.1) is 12.3 Å². The van der Waals surface area contributed by atoms with Crippen molar-refractivity contribution < 1.29 is 19.2 Å². The normalized spacial score (nSPS) is 12.3. The van der Waals surface area contributed by atoms with Crippen molar-refractivity contribution in [3.63, 3.8) is 0 Å². The maximum absolute atomic E-state index is 13.0. The topological polar surface area (TPSA) is 92.3 Å². The first-order chi connectivity index (χ1) is 17.3. The van der Waals surface area contributed by atoms with Crippen LogP contribution >= 0.6 is 0 Å². The molecule has 190 valence electrons. The Hall–Kier alpha value is -3.72. The summed E-state index contributed by atoms with van der Waals surface area (Å²) in [6.45, 7) is 4.44. The molecule has 0 aromatic heterocycles. The smallest absolute Gasteiger partial charge is 0.242 e. The summed E-state index contributed by atoms with van der Waals surface area (Å²) in [6, 6.07) is 15.3. The van der Waals surface area contributed by atoms with Gasteiger partial charge in [-0.05, 0) is 30.7 Å². The number of nitrogens with one attached hydrogen (secondary N) is 2. The fourth-order valence-electron chi connectivity index (χ4n) is 3.97. The third kappa shape index (κ3) is 9.50. The van der Waals surface area contributed by atoms with E-state index in [1.807, 2.05) is 32.0 Å². The van der Waals surface area contributed by atoms with E-state index in [0.29, 0.717) is 30.5 Å². The van der Waals surface area contributed by atoms with E-state index in [1.54, 1.807) is 36.4 Å². The Morgan fingerprint density at radius 3 is 2.22 bits per heavy atom. The molecular formula is C30H36N2O4. The second kappa shape index (κ2) is 15.3. The summed E-state index contributed by atoms with van der Waals surface area (Å²) in [5.41, 5.74) is 1.96. The lowest BCUT2D eigenvalue weighted by atomic mass is 9.93. The minimum absolute atomic E-state index is 0.0814. The van der Waals surface area contributed by atoms with Gasteiger partial charge >= 0.3 is 0 Å². The van der Waals surface area contributed by atoms with Gasteiger partial charge in [0.25, 0.3) is 0 Å². The molecule has 0 radical (unpaired) electrons. The quantitative estimate of drug-likeness (QED) is 0.171. The van der Waals surface area contributed by atoms with E-state index in [1.165, 1.54) is 0 Å². The number of amides is 2. The molecule has 0 saturated carbocycles. The summed E-state index contributed by atoms with van der Waals surface area (Å²) in [5, 5.41) is 5.75. The van der Waals surface area contributed by atoms with Crippen LogP contribution in [-0.4, -0.2) is 36.5 Å². The van der Waals surface area contributed by atoms with Crippen LogP contribution in [0.2, 0.25) is 0 Å². The van der Waals surface area contributed by atoms with E-state index in [-0.39, 0.29) is 36.4 Å². The number of benzene rings is 2. The maximum Gasteiger partial charge on any atom is 0.242 e. The number of ketones is 1. The molecule has 2 aromatic carbocycles. The first-order valence-corrected chi connectivity index (χ1v) is 12.5. The minimum atomic E-state index is -0.804. The second-order valence-corrected chi connectivity index (χ2v) is 9.34. The van der Waals surface area contributed by atoms with E-state index in [2.05, 4.69) is 16.6 Å². The molecule has 36 heavy (non-hydrogen) atoms. The van der Waals surface area contributed by atoms with Crippen molar-refractivity contribution in [3.8, 4) is 12.3 Å². The van der Waals surface area contributed by atoms with Gasteiger partial charge in [-0.2, -0.15) is 0 Å². The number of carbonyl (C=O) groups is 4. The van der Waals surface area contributed by atoms with Gasteiger partial charge in [0.05, 0.1) is 0 Å². The number of unbranched alkanes of at least 4 members (excludes halogenated alkanes) is 2. The highest BCUT2D eigenvalue weighted by Crippen LogP contribution is 2.16. The number of aldehydes is 1. The summed E-state index contributed by atoms with van der Waals surface area (Å²) >= 11 is 0. The minimum Gasteiger partial charge on any atom is -0.354 e. The number of carbonyl (C=O) groups excluding carboxylic acids is 4. The average molecular weight is 489 g/mol. The van der Waals surface area contributed by atoms with Gasteiger partial charge in [0.2, 0.25) is 11.8 Å². The predicted octanol–water partition coefficient (Wildman–Crippen LogP) is 4.12. The Balaban J connectivity index is 2.13. The number of rotatable bonds is 15. The molecule has 0 spiro atoms. The van der Waals surface area contributed by atoms with E-state index in [9.17, 15) is 19.2 Å². The zero-order chi connectivity index (χ0) is 26.3. The number of hydrogen-bond acceptors (Lipinski definition) is 4. The van der Waals surface area contributed by atoms with Crippen molar-refractivity contribution in [1.82, 2.24) is 10.6 Å². The van der Waals surface area contributed by atoms with E-state index < -0.39 is 12.0 Å². The molecule has 0 bridgehead atoms. The first kappa shape index (κ1) is 28.5. The van der Waals surface area contributed by atoms with E-state index >= 15 is 0 Å². The van der Waals surface area contributed by atoms with Crippen LogP contribution in [0, 0.1) is 24.2 Å². The third-order valence-electron chi connectivity index (χ3n) is 5.88. The van der Waals surface area contributed by atoms with Gasteiger partial charge in [0.15, 0.2) is 5.78 Å². The molecule has 0 aliphatic rings. The molecule has 2 N–H and O–H groups in total. The SMILES string of the molecule is C#CCCCCNC(=O)[C@H](Cc1ccc(C(=O)c2ccccc2)cc1)NC(=O)[C@@H](CC=O)CC(C)C. The molecule has 6 nitrogen and oxygen atoms in total. The standard InChI is InChI=1S/C30H36N2O4/c1-4-5-6-10-18-31-30(36)27(32-29(35)26(17-19-33)20-22(2)3)21-23-13-15-25(16-14-23)28(34)24-11-8-7-9-12-24/h1,7-9,11-16,19,22,26-27H,5-6,10,17-18,20-21H2,2-3H3,(H,31,36)(H,32,35)/t26-,27-/m0/s1. The highest BCUT2D eigenvalue weighted by molar-refractivity contribution is 6.08. The van der Waals surface area contributed by atoms with Gasteiger partial charge < -0.3 is 15.4 Å². The fraction of sp³-hybridized carbons (Fsp3) is 0.400. The summed E-state index contributed by atoms with van der Waals surface area (Å²) in [5.74, 6) is 1.65. The number of hydrogen-bond donors (Lipinski definition) is 2. The van der Waals surface area contributed by atoms with Crippen molar-refractivity contribution in [2.45, 2.75) is 58.4 Å². The van der Waals surface area contributed by atoms with Crippen LogP contribution in [0.1, 0.15) is 67.4 Å². The summed E-state index contributed by atoms with van der Waals surface area (Å²) in [6.07, 6.45) is 9.15. The van der Waals surface area contributed by atoms with Crippen molar-refractivity contribution in [2.24, 2.45) is 11.8 Å². The van der Waals surface area contributed by atoms with Crippen LogP contribution in [0.25, 0.3) is 0 Å². The van der Waals surface area contributed by atoms with Gasteiger partial charge in [-0.3, -0.25) is 14.4 Å². The zero-order valence-electron chi connectivity index (χ0n) is 21.2. The molecular weight excluding hydrogens is 452 g/mol. The van der Waals surface area contributed by atoms with Crippen LogP contribution in [0.4, 0.5) is 0 Å². The highest BCUT2D eigenvalue weighted by Gasteiger charge is 2.26. The second-order valence-electron chi connectivity index (χ2n) is 9.34. The molecule has 2 rings (SSSR count). The Morgan fingerprint density at radius 2 is 1.61 bits per heavy atom. The Labute approximate surface area is 214 Å². The Kier molecular flexibility index (Phi) is 12.1. The van der Waals surface area contributed by atoms with E-state index in [4.69, 9.17) is 6.42 Å². The maximum atomic E-state index is 13.0. The molecule has 0 fully saturated rings. The molecule has 0 heterocycles. The molecule has 2 aromatic rings. The average Bonchev–Trinajstić information content (AvgIpc) is 2.88. The fourth-order valence-corrected chi connectivity index (χ4v) is 3.97. The summed E-state index contributed by atoms with van der Waals surface area (Å²) < 4.78 is 0. The van der Waals surface area contributed by atoms with Crippen molar-refractivity contribution in [2.75, 3.05) is 6.54 Å². The van der Waals surface area contributed by atoms with Crippen LogP contribution in [-0.2, 0) is 20.8 Å². The Bertz CT molecular complexity index is 1040. The van der Waals surface area contributed by atoms with Gasteiger partial charge in [0, 0.05) is 42.9 Å². The van der Waals surface area contributed by atoms with Gasteiger partial charge in [0.1, 0.15) is 12.3 Å². The summed E-state index contributed by atoms with van der Waals surface area (Å²) in [7, 11) is 0. The molecule has 2 atom stereocenters. The Morgan fingerprint density at radius 1 is 0.944 bits per heavy atom. The lowest BCUT2D eigenvalue weighted by Crippen LogP contribution is -2.50.